The molecule has 0 spiro atoms. The van der Waals surface area contributed by atoms with Crippen LogP contribution in [0.2, 0.25) is 5.02 Å². The Bertz CT molecular complexity index is 1360. The van der Waals surface area contributed by atoms with Crippen LogP contribution in [0, 0.1) is 0 Å². The number of aryl methyl sites for hydroxylation is 1. The molecule has 1 aromatic carbocycles. The van der Waals surface area contributed by atoms with E-state index in [-0.39, 0.29) is 0 Å². The number of fused-ring (bicyclic) bond motifs is 1. The summed E-state index contributed by atoms with van der Waals surface area (Å²) in [4.78, 5) is 8.82. The lowest BCUT2D eigenvalue weighted by atomic mass is 10.1. The normalized spacial score (nSPS) is 11.1. The zero-order valence-corrected chi connectivity index (χ0v) is 18.0. The van der Waals surface area contributed by atoms with Gasteiger partial charge >= 0.3 is 0 Å². The van der Waals surface area contributed by atoms with E-state index < -0.39 is 0 Å². The predicted octanol–water partition coefficient (Wildman–Crippen LogP) is 4.77. The minimum absolute atomic E-state index is 0.466. The molecule has 8 nitrogen and oxygen atoms in total. The van der Waals surface area contributed by atoms with Crippen LogP contribution >= 0.6 is 11.6 Å². The lowest BCUT2D eigenvalue weighted by Gasteiger charge is -2.11. The third kappa shape index (κ3) is 4.13. The first-order valence-corrected chi connectivity index (χ1v) is 10.5. The van der Waals surface area contributed by atoms with Gasteiger partial charge in [-0.3, -0.25) is 19.7 Å². The molecule has 0 aliphatic carbocycles. The van der Waals surface area contributed by atoms with Crippen molar-refractivity contribution < 1.29 is 4.74 Å². The summed E-state index contributed by atoms with van der Waals surface area (Å²) < 4.78 is 7.89. The molecule has 4 aromatic heterocycles. The second-order valence-electron chi connectivity index (χ2n) is 7.22. The van der Waals surface area contributed by atoms with Gasteiger partial charge in [-0.15, -0.1) is 0 Å². The molecule has 9 heteroatoms. The van der Waals surface area contributed by atoms with E-state index in [4.69, 9.17) is 16.3 Å². The number of hydrogen-bond donors (Lipinski definition) is 2. The SMILES string of the molecule is Cn1ccc(Nc2n[nH]c3c(OCCc4ccccn4)cc(-c4ncccc4Cl)cc23)n1. The molecule has 0 unspecified atom stereocenters. The maximum atomic E-state index is 6.43. The number of halogens is 1. The number of nitrogens with one attached hydrogen (secondary N) is 2. The Morgan fingerprint density at radius 2 is 2.00 bits per heavy atom. The van der Waals surface area contributed by atoms with Gasteiger partial charge in [-0.25, -0.2) is 0 Å². The van der Waals surface area contributed by atoms with Crippen molar-refractivity contribution in [1.82, 2.24) is 29.9 Å². The highest BCUT2D eigenvalue weighted by atomic mass is 35.5. The number of anilines is 2. The number of pyridine rings is 2. The molecule has 0 radical (unpaired) electrons. The Hall–Kier alpha value is -3.91. The fourth-order valence-electron chi connectivity index (χ4n) is 3.45. The monoisotopic (exact) mass is 445 g/mol. The number of nitrogens with zero attached hydrogens (tertiary/aromatic N) is 5. The molecule has 4 heterocycles. The summed E-state index contributed by atoms with van der Waals surface area (Å²) in [5.41, 5.74) is 3.26. The van der Waals surface area contributed by atoms with Crippen LogP contribution in [0.15, 0.2) is 67.1 Å². The van der Waals surface area contributed by atoms with Crippen molar-refractivity contribution >= 4 is 34.1 Å². The Morgan fingerprint density at radius 3 is 2.78 bits per heavy atom. The summed E-state index contributed by atoms with van der Waals surface area (Å²) in [6.45, 7) is 0.466. The lowest BCUT2D eigenvalue weighted by Crippen LogP contribution is -2.03. The summed E-state index contributed by atoms with van der Waals surface area (Å²) in [6, 6.07) is 15.3. The van der Waals surface area contributed by atoms with Crippen LogP contribution in [-0.4, -0.2) is 36.6 Å². The number of rotatable bonds is 7. The minimum Gasteiger partial charge on any atom is -0.491 e. The first kappa shape index (κ1) is 20.0. The van der Waals surface area contributed by atoms with Gasteiger partial charge in [0.15, 0.2) is 11.6 Å². The Balaban J connectivity index is 1.52. The van der Waals surface area contributed by atoms with Crippen molar-refractivity contribution in [3.8, 4) is 17.0 Å². The van der Waals surface area contributed by atoms with Crippen LogP contribution in [0.1, 0.15) is 5.69 Å². The van der Waals surface area contributed by atoms with Crippen molar-refractivity contribution in [1.29, 1.82) is 0 Å². The molecular weight excluding hydrogens is 426 g/mol. The van der Waals surface area contributed by atoms with E-state index in [1.807, 2.05) is 55.7 Å². The van der Waals surface area contributed by atoms with Gasteiger partial charge in [-0.1, -0.05) is 17.7 Å². The van der Waals surface area contributed by atoms with E-state index in [0.29, 0.717) is 41.1 Å². The van der Waals surface area contributed by atoms with Gasteiger partial charge in [0.2, 0.25) is 0 Å². The Kier molecular flexibility index (Phi) is 5.43. The quantitative estimate of drug-likeness (QED) is 0.374. The van der Waals surface area contributed by atoms with Crippen LogP contribution in [0.3, 0.4) is 0 Å². The first-order chi connectivity index (χ1) is 15.7. The summed E-state index contributed by atoms with van der Waals surface area (Å²) in [5.74, 6) is 2.00. The molecule has 160 valence electrons. The average Bonchev–Trinajstić information content (AvgIpc) is 3.41. The summed E-state index contributed by atoms with van der Waals surface area (Å²) >= 11 is 6.43. The van der Waals surface area contributed by atoms with Crippen molar-refractivity contribution in [3.63, 3.8) is 0 Å². The number of aromatic amines is 1. The van der Waals surface area contributed by atoms with Crippen LogP contribution in [0.25, 0.3) is 22.2 Å². The molecule has 0 aliphatic rings. The molecule has 2 N–H and O–H groups in total. The molecule has 5 rings (SSSR count). The molecule has 0 bridgehead atoms. The standard InChI is InChI=1S/C23H20ClN7O/c1-31-11-7-20(30-31)27-23-17-13-15(21-18(24)6-4-10-26-21)14-19(22(17)28-29-23)32-12-8-16-5-2-3-9-25-16/h2-7,9-11,13-14H,8,12H2,1H3,(H2,27,28,29,30). The topological polar surface area (TPSA) is 93.5 Å². The highest BCUT2D eigenvalue weighted by Crippen LogP contribution is 2.36. The molecule has 0 amide bonds. The molecule has 32 heavy (non-hydrogen) atoms. The van der Waals surface area contributed by atoms with Gasteiger partial charge in [-0.2, -0.15) is 10.2 Å². The van der Waals surface area contributed by atoms with E-state index in [2.05, 4.69) is 30.6 Å². The molecular formula is C23H20ClN7O. The molecule has 0 saturated carbocycles. The molecule has 0 atom stereocenters. The van der Waals surface area contributed by atoms with Gasteiger partial charge in [0.1, 0.15) is 11.3 Å². The number of benzene rings is 1. The van der Waals surface area contributed by atoms with E-state index in [1.165, 1.54) is 0 Å². The fraction of sp³-hybridized carbons (Fsp3) is 0.130. The zero-order chi connectivity index (χ0) is 21.9. The third-order valence-corrected chi connectivity index (χ3v) is 5.28. The summed E-state index contributed by atoms with van der Waals surface area (Å²) in [5, 5.41) is 16.6. The fourth-order valence-corrected chi connectivity index (χ4v) is 3.68. The first-order valence-electron chi connectivity index (χ1n) is 10.1. The van der Waals surface area contributed by atoms with Gasteiger partial charge in [0, 0.05) is 54.8 Å². The Morgan fingerprint density at radius 1 is 1.09 bits per heavy atom. The van der Waals surface area contributed by atoms with Gasteiger partial charge in [0.25, 0.3) is 0 Å². The smallest absolute Gasteiger partial charge is 0.161 e. The van der Waals surface area contributed by atoms with E-state index in [0.717, 1.165) is 22.2 Å². The number of hydrogen-bond acceptors (Lipinski definition) is 6. The van der Waals surface area contributed by atoms with Crippen LogP contribution in [-0.2, 0) is 13.5 Å². The maximum absolute atomic E-state index is 6.43. The van der Waals surface area contributed by atoms with E-state index in [9.17, 15) is 0 Å². The highest BCUT2D eigenvalue weighted by Gasteiger charge is 2.16. The average molecular weight is 446 g/mol. The number of ether oxygens (including phenoxy) is 1. The molecule has 0 saturated heterocycles. The Labute approximate surface area is 189 Å². The second kappa shape index (κ2) is 8.68. The number of aromatic nitrogens is 6. The van der Waals surface area contributed by atoms with Crippen molar-refractivity contribution in [2.75, 3.05) is 11.9 Å². The predicted molar refractivity (Wildman–Crippen MR) is 124 cm³/mol. The van der Waals surface area contributed by atoms with Crippen LogP contribution in [0.5, 0.6) is 5.75 Å². The highest BCUT2D eigenvalue weighted by molar-refractivity contribution is 6.33. The largest absolute Gasteiger partial charge is 0.491 e. The minimum atomic E-state index is 0.466. The molecule has 5 aromatic rings. The van der Waals surface area contributed by atoms with Crippen LogP contribution in [0.4, 0.5) is 11.6 Å². The molecule has 0 aliphatic heterocycles. The maximum Gasteiger partial charge on any atom is 0.161 e. The van der Waals surface area contributed by atoms with Crippen molar-refractivity contribution in [2.24, 2.45) is 7.05 Å². The summed E-state index contributed by atoms with van der Waals surface area (Å²) in [7, 11) is 1.86. The molecule has 0 fully saturated rings. The van der Waals surface area contributed by atoms with Crippen molar-refractivity contribution in [3.05, 3.63) is 77.8 Å². The van der Waals surface area contributed by atoms with Crippen molar-refractivity contribution in [2.45, 2.75) is 6.42 Å². The van der Waals surface area contributed by atoms with E-state index >= 15 is 0 Å². The lowest BCUT2D eigenvalue weighted by molar-refractivity contribution is 0.324. The van der Waals surface area contributed by atoms with Crippen LogP contribution < -0.4 is 10.1 Å². The van der Waals surface area contributed by atoms with Gasteiger partial charge in [-0.05, 0) is 36.4 Å². The van der Waals surface area contributed by atoms with E-state index in [1.54, 1.807) is 23.1 Å². The zero-order valence-electron chi connectivity index (χ0n) is 17.3. The summed E-state index contributed by atoms with van der Waals surface area (Å²) in [6.07, 6.45) is 6.05. The number of H-pyrrole nitrogens is 1. The second-order valence-corrected chi connectivity index (χ2v) is 7.63. The van der Waals surface area contributed by atoms with Gasteiger partial charge in [0.05, 0.1) is 17.3 Å². The van der Waals surface area contributed by atoms with Gasteiger partial charge < -0.3 is 10.1 Å². The third-order valence-electron chi connectivity index (χ3n) is 4.97.